The molecule has 2 heterocycles. The molecule has 1 amide bonds. The van der Waals surface area contributed by atoms with Crippen molar-refractivity contribution in [1.82, 2.24) is 9.88 Å². The van der Waals surface area contributed by atoms with Gasteiger partial charge in [-0.15, -0.1) is 0 Å². The number of benzene rings is 1. The Morgan fingerprint density at radius 3 is 2.52 bits per heavy atom. The summed E-state index contributed by atoms with van der Waals surface area (Å²) >= 11 is 0. The lowest BCUT2D eigenvalue weighted by molar-refractivity contribution is 0.0782. The van der Waals surface area contributed by atoms with E-state index in [1.54, 1.807) is 6.20 Å². The summed E-state index contributed by atoms with van der Waals surface area (Å²) in [5.74, 6) is 2.01. The van der Waals surface area contributed by atoms with E-state index >= 15 is 0 Å². The number of nitrogens with two attached hydrogens (primary N) is 1. The molecule has 2 N–H and O–H groups in total. The van der Waals surface area contributed by atoms with Gasteiger partial charge in [-0.2, -0.15) is 0 Å². The number of carbonyl (C=O) groups is 1. The van der Waals surface area contributed by atoms with Gasteiger partial charge in [0.25, 0.3) is 5.91 Å². The molecule has 4 heteroatoms. The number of aromatic nitrogens is 1. The predicted molar refractivity (Wildman–Crippen MR) is 82.9 cm³/mol. The zero-order chi connectivity index (χ0) is 14.4. The summed E-state index contributed by atoms with van der Waals surface area (Å²) in [6.45, 7) is 1.81. The normalized spacial score (nSPS) is 24.5. The Morgan fingerprint density at radius 1 is 1.14 bits per heavy atom. The highest BCUT2D eigenvalue weighted by Crippen LogP contribution is 2.38. The smallest absolute Gasteiger partial charge is 0.256 e. The molecule has 2 aromatic rings. The van der Waals surface area contributed by atoms with Crippen LogP contribution in [0.3, 0.4) is 0 Å². The topological polar surface area (TPSA) is 59.2 Å². The van der Waals surface area contributed by atoms with Crippen LogP contribution in [0.2, 0.25) is 0 Å². The number of hydrogen-bond acceptors (Lipinski definition) is 3. The molecule has 0 radical (unpaired) electrons. The van der Waals surface area contributed by atoms with Crippen LogP contribution in [-0.4, -0.2) is 28.9 Å². The van der Waals surface area contributed by atoms with Crippen molar-refractivity contribution in [3.8, 4) is 0 Å². The summed E-state index contributed by atoms with van der Waals surface area (Å²) in [7, 11) is 0. The Hall–Kier alpha value is -2.10. The van der Waals surface area contributed by atoms with Crippen LogP contribution in [0.25, 0.3) is 10.8 Å². The predicted octanol–water partition coefficient (Wildman–Crippen LogP) is 2.69. The number of hydrogen-bond donors (Lipinski definition) is 1. The fourth-order valence-corrected chi connectivity index (χ4v) is 3.96. The first-order valence-corrected chi connectivity index (χ1v) is 7.66. The number of nitrogen functional groups attached to an aromatic ring is 1. The number of anilines is 1. The number of fused-ring (bicyclic) bond motifs is 2. The zero-order valence-corrected chi connectivity index (χ0v) is 12.0. The number of rotatable bonds is 1. The Morgan fingerprint density at radius 2 is 1.81 bits per heavy atom. The summed E-state index contributed by atoms with van der Waals surface area (Å²) in [6, 6.07) is 7.75. The second kappa shape index (κ2) is 4.72. The molecule has 2 atom stereocenters. The van der Waals surface area contributed by atoms with Gasteiger partial charge in [-0.05, 0) is 30.1 Å². The highest BCUT2D eigenvalue weighted by atomic mass is 16.2. The highest BCUT2D eigenvalue weighted by Gasteiger charge is 2.38. The van der Waals surface area contributed by atoms with Crippen molar-refractivity contribution in [2.75, 3.05) is 18.8 Å². The van der Waals surface area contributed by atoms with E-state index in [9.17, 15) is 4.79 Å². The van der Waals surface area contributed by atoms with Gasteiger partial charge in [-0.1, -0.05) is 30.7 Å². The van der Waals surface area contributed by atoms with Gasteiger partial charge in [0.15, 0.2) is 0 Å². The average Bonchev–Trinajstić information content (AvgIpc) is 3.08. The van der Waals surface area contributed by atoms with Gasteiger partial charge in [-0.3, -0.25) is 4.79 Å². The van der Waals surface area contributed by atoms with Crippen LogP contribution < -0.4 is 5.73 Å². The second-order valence-corrected chi connectivity index (χ2v) is 6.26. The van der Waals surface area contributed by atoms with E-state index in [-0.39, 0.29) is 5.91 Å². The van der Waals surface area contributed by atoms with Gasteiger partial charge in [0, 0.05) is 24.7 Å². The van der Waals surface area contributed by atoms with Gasteiger partial charge in [0.1, 0.15) is 5.82 Å². The molecule has 4 nitrogen and oxygen atoms in total. The SMILES string of the molecule is Nc1ncc(C(=O)N2CC3CCCC3C2)c2ccccc12. The lowest BCUT2D eigenvalue weighted by Crippen LogP contribution is -2.29. The van der Waals surface area contributed by atoms with Crippen molar-refractivity contribution in [3.05, 3.63) is 36.0 Å². The third kappa shape index (κ3) is 1.97. The standard InChI is InChI=1S/C17H19N3O/c18-16-14-7-2-1-6-13(14)15(8-19-16)17(21)20-9-11-4-3-5-12(11)10-20/h1-2,6-8,11-12H,3-5,9-10H2,(H2,18,19). The Balaban J connectivity index is 1.70. The third-order valence-electron chi connectivity index (χ3n) is 5.07. The first kappa shape index (κ1) is 12.6. The Bertz CT molecular complexity index is 700. The molecule has 2 aliphatic rings. The second-order valence-electron chi connectivity index (χ2n) is 6.26. The molecule has 2 fully saturated rings. The van der Waals surface area contributed by atoms with E-state index in [4.69, 9.17) is 5.73 Å². The number of carbonyl (C=O) groups excluding carboxylic acids is 1. The van der Waals surface area contributed by atoms with Crippen LogP contribution in [-0.2, 0) is 0 Å². The largest absolute Gasteiger partial charge is 0.383 e. The number of amides is 1. The Labute approximate surface area is 124 Å². The van der Waals surface area contributed by atoms with E-state index in [0.29, 0.717) is 23.2 Å². The molecule has 1 aromatic heterocycles. The van der Waals surface area contributed by atoms with Crippen molar-refractivity contribution in [3.63, 3.8) is 0 Å². The van der Waals surface area contributed by atoms with Gasteiger partial charge in [0.05, 0.1) is 5.56 Å². The van der Waals surface area contributed by atoms with Gasteiger partial charge in [-0.25, -0.2) is 4.98 Å². The van der Waals surface area contributed by atoms with Crippen LogP contribution >= 0.6 is 0 Å². The highest BCUT2D eigenvalue weighted by molar-refractivity contribution is 6.09. The van der Waals surface area contributed by atoms with Crippen LogP contribution in [0.5, 0.6) is 0 Å². The molecule has 0 bridgehead atoms. The fraction of sp³-hybridized carbons (Fsp3) is 0.412. The first-order chi connectivity index (χ1) is 10.2. The maximum Gasteiger partial charge on any atom is 0.256 e. The molecule has 4 rings (SSSR count). The molecule has 1 aliphatic heterocycles. The summed E-state index contributed by atoms with van der Waals surface area (Å²) in [5, 5.41) is 1.77. The minimum atomic E-state index is 0.105. The molecule has 0 spiro atoms. The molecule has 1 aromatic carbocycles. The molecular formula is C17H19N3O. The van der Waals surface area contributed by atoms with Gasteiger partial charge in [0.2, 0.25) is 0 Å². The zero-order valence-electron chi connectivity index (χ0n) is 12.0. The van der Waals surface area contributed by atoms with Crippen LogP contribution in [0.15, 0.2) is 30.5 Å². The lowest BCUT2D eigenvalue weighted by atomic mass is 10.0. The average molecular weight is 281 g/mol. The molecule has 2 unspecified atom stereocenters. The third-order valence-corrected chi connectivity index (χ3v) is 5.07. The van der Waals surface area contributed by atoms with Crippen molar-refractivity contribution in [1.29, 1.82) is 0 Å². The first-order valence-electron chi connectivity index (χ1n) is 7.66. The summed E-state index contributed by atoms with van der Waals surface area (Å²) in [5.41, 5.74) is 6.60. The molecule has 21 heavy (non-hydrogen) atoms. The molecule has 1 saturated carbocycles. The molecule has 108 valence electrons. The van der Waals surface area contributed by atoms with E-state index in [1.807, 2.05) is 29.2 Å². The van der Waals surface area contributed by atoms with Crippen molar-refractivity contribution >= 4 is 22.5 Å². The maximum atomic E-state index is 12.8. The van der Waals surface area contributed by atoms with E-state index in [1.165, 1.54) is 19.3 Å². The lowest BCUT2D eigenvalue weighted by Gasteiger charge is -2.18. The summed E-state index contributed by atoms with van der Waals surface area (Å²) < 4.78 is 0. The minimum absolute atomic E-state index is 0.105. The van der Waals surface area contributed by atoms with E-state index in [2.05, 4.69) is 4.98 Å². The van der Waals surface area contributed by atoms with Crippen molar-refractivity contribution in [2.24, 2.45) is 11.8 Å². The van der Waals surface area contributed by atoms with Crippen LogP contribution in [0, 0.1) is 11.8 Å². The molecule has 1 saturated heterocycles. The molecule has 1 aliphatic carbocycles. The number of likely N-dealkylation sites (tertiary alicyclic amines) is 1. The van der Waals surface area contributed by atoms with E-state index in [0.717, 1.165) is 23.9 Å². The summed E-state index contributed by atoms with van der Waals surface area (Å²) in [6.07, 6.45) is 5.50. The van der Waals surface area contributed by atoms with Crippen molar-refractivity contribution < 1.29 is 4.79 Å². The molecular weight excluding hydrogens is 262 g/mol. The maximum absolute atomic E-state index is 12.8. The van der Waals surface area contributed by atoms with E-state index < -0.39 is 0 Å². The number of nitrogens with zero attached hydrogens (tertiary/aromatic N) is 2. The van der Waals surface area contributed by atoms with Gasteiger partial charge >= 0.3 is 0 Å². The summed E-state index contributed by atoms with van der Waals surface area (Å²) in [4.78, 5) is 19.1. The van der Waals surface area contributed by atoms with Gasteiger partial charge < -0.3 is 10.6 Å². The number of pyridine rings is 1. The fourth-order valence-electron chi connectivity index (χ4n) is 3.96. The quantitative estimate of drug-likeness (QED) is 0.874. The monoisotopic (exact) mass is 281 g/mol. The van der Waals surface area contributed by atoms with Crippen molar-refractivity contribution in [2.45, 2.75) is 19.3 Å². The Kier molecular flexibility index (Phi) is 2.84. The van der Waals surface area contributed by atoms with Crippen LogP contribution in [0.1, 0.15) is 29.6 Å². The van der Waals surface area contributed by atoms with Crippen LogP contribution in [0.4, 0.5) is 5.82 Å². The minimum Gasteiger partial charge on any atom is -0.383 e.